The van der Waals surface area contributed by atoms with Gasteiger partial charge in [0.2, 0.25) is 11.8 Å². The van der Waals surface area contributed by atoms with Gasteiger partial charge in [-0.15, -0.1) is 0 Å². The largest absolute Gasteiger partial charge is 0.378 e. The number of aliphatic hydroxyl groups is 1. The molecule has 7 nitrogen and oxygen atoms in total. The first-order valence-corrected chi connectivity index (χ1v) is 10.4. The SMILES string of the molecule is C[C@H](NC(=O)[C@@H](O)c1cc(F)cc(F)c1)C(=O)N[C@@H]1C(=O)N(C)CC=C[C@@H]1c1ccccc1. The number of benzene rings is 2. The molecule has 3 rings (SSSR count). The van der Waals surface area contributed by atoms with Crippen molar-refractivity contribution in [2.45, 2.75) is 31.0 Å². The highest BCUT2D eigenvalue weighted by Gasteiger charge is 2.34. The summed E-state index contributed by atoms with van der Waals surface area (Å²) in [4.78, 5) is 39.6. The first-order chi connectivity index (χ1) is 15.7. The lowest BCUT2D eigenvalue weighted by atomic mass is 9.90. The van der Waals surface area contributed by atoms with E-state index < -0.39 is 47.6 Å². The number of likely N-dealkylation sites (N-methyl/N-ethyl adjacent to an activating group) is 1. The summed E-state index contributed by atoms with van der Waals surface area (Å²) in [6, 6.07) is 9.45. The van der Waals surface area contributed by atoms with Crippen molar-refractivity contribution in [1.82, 2.24) is 15.5 Å². The van der Waals surface area contributed by atoms with Gasteiger partial charge in [0.15, 0.2) is 6.10 Å². The van der Waals surface area contributed by atoms with Crippen LogP contribution in [0.5, 0.6) is 0 Å². The fourth-order valence-corrected chi connectivity index (χ4v) is 3.61. The third-order valence-corrected chi connectivity index (χ3v) is 5.41. The number of aliphatic hydroxyl groups excluding tert-OH is 1. The van der Waals surface area contributed by atoms with Gasteiger partial charge < -0.3 is 20.6 Å². The Morgan fingerprint density at radius 3 is 2.36 bits per heavy atom. The second-order valence-corrected chi connectivity index (χ2v) is 7.91. The summed E-state index contributed by atoms with van der Waals surface area (Å²) >= 11 is 0. The van der Waals surface area contributed by atoms with Gasteiger partial charge in [-0.05, 0) is 30.2 Å². The van der Waals surface area contributed by atoms with E-state index in [1.807, 2.05) is 42.5 Å². The average Bonchev–Trinajstić information content (AvgIpc) is 2.92. The number of halogens is 2. The molecule has 2 aromatic carbocycles. The molecule has 0 bridgehead atoms. The Morgan fingerprint density at radius 1 is 1.09 bits per heavy atom. The first kappa shape index (κ1) is 24.1. The van der Waals surface area contributed by atoms with Crippen molar-refractivity contribution in [2.75, 3.05) is 13.6 Å². The number of carbonyl (C=O) groups excluding carboxylic acids is 3. The Balaban J connectivity index is 1.72. The zero-order chi connectivity index (χ0) is 24.1. The van der Waals surface area contributed by atoms with Crippen molar-refractivity contribution < 1.29 is 28.3 Å². The number of hydrogen-bond donors (Lipinski definition) is 3. The van der Waals surface area contributed by atoms with Gasteiger partial charge in [0.05, 0.1) is 0 Å². The Morgan fingerprint density at radius 2 is 1.73 bits per heavy atom. The molecule has 1 aliphatic rings. The number of nitrogens with zero attached hydrogens (tertiary/aromatic N) is 1. The van der Waals surface area contributed by atoms with Gasteiger partial charge in [0.25, 0.3) is 5.91 Å². The van der Waals surface area contributed by atoms with E-state index in [1.54, 1.807) is 7.05 Å². The molecule has 0 radical (unpaired) electrons. The Bertz CT molecular complexity index is 1040. The monoisotopic (exact) mass is 457 g/mol. The van der Waals surface area contributed by atoms with Crippen LogP contribution in [0.25, 0.3) is 0 Å². The molecular formula is C24H25F2N3O4. The number of rotatable bonds is 6. The quantitative estimate of drug-likeness (QED) is 0.576. The fourth-order valence-electron chi connectivity index (χ4n) is 3.61. The topological polar surface area (TPSA) is 98.7 Å². The van der Waals surface area contributed by atoms with Crippen LogP contribution >= 0.6 is 0 Å². The summed E-state index contributed by atoms with van der Waals surface area (Å²) in [6.45, 7) is 1.77. The number of nitrogens with one attached hydrogen (secondary N) is 2. The molecule has 9 heteroatoms. The van der Waals surface area contributed by atoms with Crippen molar-refractivity contribution >= 4 is 17.7 Å². The van der Waals surface area contributed by atoms with Gasteiger partial charge in [0, 0.05) is 25.6 Å². The fraction of sp³-hybridized carbons (Fsp3) is 0.292. The second-order valence-electron chi connectivity index (χ2n) is 7.91. The molecule has 174 valence electrons. The highest BCUT2D eigenvalue weighted by molar-refractivity contribution is 5.93. The number of carbonyl (C=O) groups is 3. The first-order valence-electron chi connectivity index (χ1n) is 10.4. The Labute approximate surface area is 190 Å². The summed E-state index contributed by atoms with van der Waals surface area (Å²) in [5.41, 5.74) is 0.551. The van der Waals surface area contributed by atoms with Crippen molar-refractivity contribution in [1.29, 1.82) is 0 Å². The summed E-state index contributed by atoms with van der Waals surface area (Å²) in [6.07, 6.45) is 1.82. The van der Waals surface area contributed by atoms with Gasteiger partial charge in [-0.2, -0.15) is 0 Å². The third kappa shape index (κ3) is 5.81. The Kier molecular flexibility index (Phi) is 7.55. The van der Waals surface area contributed by atoms with E-state index in [1.165, 1.54) is 11.8 Å². The molecule has 1 aliphatic heterocycles. The molecule has 2 aromatic rings. The summed E-state index contributed by atoms with van der Waals surface area (Å²) in [5.74, 6) is -4.26. The second kappa shape index (κ2) is 10.4. The van der Waals surface area contributed by atoms with Gasteiger partial charge in [0.1, 0.15) is 23.7 Å². The van der Waals surface area contributed by atoms with Gasteiger partial charge >= 0.3 is 0 Å². The van der Waals surface area contributed by atoms with Crippen LogP contribution in [0.4, 0.5) is 8.78 Å². The molecule has 0 aliphatic carbocycles. The third-order valence-electron chi connectivity index (χ3n) is 5.41. The maximum absolute atomic E-state index is 13.4. The molecule has 33 heavy (non-hydrogen) atoms. The van der Waals surface area contributed by atoms with E-state index in [9.17, 15) is 28.3 Å². The molecule has 0 aromatic heterocycles. The summed E-state index contributed by atoms with van der Waals surface area (Å²) < 4.78 is 26.8. The van der Waals surface area contributed by atoms with Gasteiger partial charge in [-0.25, -0.2) is 8.78 Å². The Hall–Kier alpha value is -3.59. The van der Waals surface area contributed by atoms with Crippen LogP contribution in [0.1, 0.15) is 30.1 Å². The van der Waals surface area contributed by atoms with Crippen molar-refractivity contribution in [3.05, 3.63) is 83.4 Å². The standard InChI is InChI=1S/C24H25F2N3O4/c1-14(27-23(32)21(30)16-11-17(25)13-18(26)12-16)22(31)28-20-19(15-7-4-3-5-8-15)9-6-10-29(2)24(20)33/h3-9,11-14,19-21,30H,10H2,1-2H3,(H,27,32)(H,28,31)/t14-,19+,20-,21-/m0/s1. The van der Waals surface area contributed by atoms with E-state index in [0.717, 1.165) is 17.7 Å². The van der Waals surface area contributed by atoms with Crippen LogP contribution in [0.2, 0.25) is 0 Å². The van der Waals surface area contributed by atoms with E-state index in [2.05, 4.69) is 10.6 Å². The number of hydrogen-bond acceptors (Lipinski definition) is 4. The lowest BCUT2D eigenvalue weighted by molar-refractivity contribution is -0.137. The van der Waals surface area contributed by atoms with Crippen molar-refractivity contribution in [3.8, 4) is 0 Å². The lowest BCUT2D eigenvalue weighted by Crippen LogP contribution is -2.54. The zero-order valence-electron chi connectivity index (χ0n) is 18.2. The molecule has 0 saturated carbocycles. The van der Waals surface area contributed by atoms with E-state index in [4.69, 9.17) is 0 Å². The molecule has 3 amide bonds. The lowest BCUT2D eigenvalue weighted by Gasteiger charge is -2.28. The summed E-state index contributed by atoms with van der Waals surface area (Å²) in [7, 11) is 1.62. The average molecular weight is 457 g/mol. The van der Waals surface area contributed by atoms with Crippen LogP contribution in [-0.2, 0) is 14.4 Å². The molecule has 1 heterocycles. The van der Waals surface area contributed by atoms with Crippen LogP contribution in [0.15, 0.2) is 60.7 Å². The highest BCUT2D eigenvalue weighted by atomic mass is 19.1. The minimum atomic E-state index is -1.88. The minimum Gasteiger partial charge on any atom is -0.378 e. The van der Waals surface area contributed by atoms with E-state index in [0.29, 0.717) is 12.6 Å². The van der Waals surface area contributed by atoms with E-state index in [-0.39, 0.29) is 11.5 Å². The predicted molar refractivity (Wildman–Crippen MR) is 117 cm³/mol. The molecule has 0 fully saturated rings. The van der Waals surface area contributed by atoms with Gasteiger partial charge in [-0.3, -0.25) is 14.4 Å². The van der Waals surface area contributed by atoms with Crippen LogP contribution in [0, 0.1) is 11.6 Å². The molecule has 4 atom stereocenters. The maximum Gasteiger partial charge on any atom is 0.254 e. The highest BCUT2D eigenvalue weighted by Crippen LogP contribution is 2.25. The minimum absolute atomic E-state index is 0.285. The van der Waals surface area contributed by atoms with Crippen molar-refractivity contribution in [3.63, 3.8) is 0 Å². The molecule has 0 saturated heterocycles. The van der Waals surface area contributed by atoms with Crippen molar-refractivity contribution in [2.24, 2.45) is 0 Å². The summed E-state index contributed by atoms with van der Waals surface area (Å²) in [5, 5.41) is 15.2. The molecular weight excluding hydrogens is 432 g/mol. The normalized spacial score (nSPS) is 20.0. The maximum atomic E-state index is 13.4. The van der Waals surface area contributed by atoms with Crippen LogP contribution < -0.4 is 10.6 Å². The van der Waals surface area contributed by atoms with Crippen LogP contribution in [0.3, 0.4) is 0 Å². The smallest absolute Gasteiger partial charge is 0.254 e. The number of amides is 3. The predicted octanol–water partition coefficient (Wildman–Crippen LogP) is 1.80. The van der Waals surface area contributed by atoms with Crippen LogP contribution in [-0.4, -0.2) is 53.4 Å². The molecule has 0 spiro atoms. The molecule has 3 N–H and O–H groups in total. The zero-order valence-corrected chi connectivity index (χ0v) is 18.2. The van der Waals surface area contributed by atoms with Gasteiger partial charge in [-0.1, -0.05) is 42.5 Å². The van der Waals surface area contributed by atoms with E-state index >= 15 is 0 Å². The molecule has 0 unspecified atom stereocenters.